The van der Waals surface area contributed by atoms with Crippen molar-refractivity contribution in [3.63, 3.8) is 0 Å². The van der Waals surface area contributed by atoms with Gasteiger partial charge in [-0.2, -0.15) is 11.8 Å². The molecule has 0 heterocycles. The van der Waals surface area contributed by atoms with Gasteiger partial charge < -0.3 is 5.11 Å². The van der Waals surface area contributed by atoms with Crippen LogP contribution in [0.25, 0.3) is 0 Å². The average Bonchev–Trinajstić information content (AvgIpc) is 2.85. The van der Waals surface area contributed by atoms with Gasteiger partial charge in [0.1, 0.15) is 6.10 Å². The lowest BCUT2D eigenvalue weighted by Crippen LogP contribution is -2.52. The van der Waals surface area contributed by atoms with E-state index in [-0.39, 0.29) is 11.2 Å². The molecule has 4 rings (SSSR count). The average molecular weight is 335 g/mol. The third-order valence-corrected chi connectivity index (χ3v) is 9.54. The SMILES string of the molecule is CS[C@H]1CC[C@H]2[C@@H]3CCC4=CC(=O)C(O)C[C@]4(C)[C@H]3CC[C@]12C. The molecule has 23 heavy (non-hydrogen) atoms. The van der Waals surface area contributed by atoms with Gasteiger partial charge in [0.05, 0.1) is 0 Å². The van der Waals surface area contributed by atoms with Gasteiger partial charge in [0.25, 0.3) is 0 Å². The summed E-state index contributed by atoms with van der Waals surface area (Å²) in [5.41, 5.74) is 1.92. The standard InChI is InChI=1S/C20H30O2S/c1-19-9-8-15-13(14(19)6-7-18(19)23-3)5-4-12-10-16(21)17(22)11-20(12,15)2/h10,13-15,17-18,22H,4-9,11H2,1-3H3/t13-,14-,15-,17?,18-,19-,20-/m0/s1. The molecule has 1 unspecified atom stereocenters. The van der Waals surface area contributed by atoms with Gasteiger partial charge in [0, 0.05) is 5.25 Å². The van der Waals surface area contributed by atoms with Crippen LogP contribution in [0.3, 0.4) is 0 Å². The molecule has 2 nitrogen and oxygen atoms in total. The fraction of sp³-hybridized carbons (Fsp3) is 0.850. The molecular weight excluding hydrogens is 304 g/mol. The molecule has 1 N–H and O–H groups in total. The van der Waals surface area contributed by atoms with Gasteiger partial charge in [-0.15, -0.1) is 0 Å². The monoisotopic (exact) mass is 334 g/mol. The number of ketones is 1. The lowest BCUT2D eigenvalue weighted by molar-refractivity contribution is -0.127. The highest BCUT2D eigenvalue weighted by atomic mass is 32.2. The Bertz CT molecular complexity index is 556. The van der Waals surface area contributed by atoms with Crippen LogP contribution in [-0.2, 0) is 4.79 Å². The predicted molar refractivity (Wildman–Crippen MR) is 95.4 cm³/mol. The Morgan fingerprint density at radius 3 is 2.70 bits per heavy atom. The molecule has 0 spiro atoms. The van der Waals surface area contributed by atoms with E-state index in [1.807, 2.05) is 0 Å². The van der Waals surface area contributed by atoms with Crippen LogP contribution in [0, 0.1) is 28.6 Å². The van der Waals surface area contributed by atoms with Crippen LogP contribution >= 0.6 is 11.8 Å². The molecule has 0 saturated heterocycles. The molecule has 0 aromatic rings. The maximum atomic E-state index is 11.9. The fourth-order valence-electron chi connectivity index (χ4n) is 6.96. The number of hydrogen-bond acceptors (Lipinski definition) is 3. The number of aliphatic hydroxyl groups is 1. The largest absolute Gasteiger partial charge is 0.385 e. The van der Waals surface area contributed by atoms with Gasteiger partial charge in [0.15, 0.2) is 5.78 Å². The smallest absolute Gasteiger partial charge is 0.184 e. The van der Waals surface area contributed by atoms with Gasteiger partial charge in [0.2, 0.25) is 0 Å². The van der Waals surface area contributed by atoms with Gasteiger partial charge in [-0.05, 0) is 85.9 Å². The first-order chi connectivity index (χ1) is 10.9. The zero-order valence-electron chi connectivity index (χ0n) is 14.7. The number of allylic oxidation sites excluding steroid dienone is 1. The van der Waals surface area contributed by atoms with Crippen molar-refractivity contribution in [2.24, 2.45) is 28.6 Å². The molecule has 0 amide bonds. The molecule has 3 heteroatoms. The van der Waals surface area contributed by atoms with E-state index in [2.05, 4.69) is 31.9 Å². The number of hydrogen-bond donors (Lipinski definition) is 1. The number of thioether (sulfide) groups is 1. The van der Waals surface area contributed by atoms with Crippen LogP contribution in [-0.4, -0.2) is 28.5 Å². The van der Waals surface area contributed by atoms with Crippen LogP contribution in [0.1, 0.15) is 58.8 Å². The Balaban J connectivity index is 1.67. The highest BCUT2D eigenvalue weighted by Crippen LogP contribution is 2.66. The second kappa shape index (κ2) is 5.36. The molecule has 7 atom stereocenters. The summed E-state index contributed by atoms with van der Waals surface area (Å²) in [4.78, 5) is 11.9. The molecule has 3 fully saturated rings. The minimum atomic E-state index is -0.765. The summed E-state index contributed by atoms with van der Waals surface area (Å²) in [6.45, 7) is 4.89. The lowest BCUT2D eigenvalue weighted by Gasteiger charge is -2.58. The molecule has 0 bridgehead atoms. The van der Waals surface area contributed by atoms with Gasteiger partial charge in [-0.3, -0.25) is 4.79 Å². The first-order valence-corrected chi connectivity index (χ1v) is 10.6. The van der Waals surface area contributed by atoms with Crippen LogP contribution in [0.5, 0.6) is 0 Å². The summed E-state index contributed by atoms with van der Waals surface area (Å²) in [6.07, 6.45) is 11.7. The lowest BCUT2D eigenvalue weighted by atomic mass is 9.47. The van der Waals surface area contributed by atoms with Crippen molar-refractivity contribution in [3.8, 4) is 0 Å². The molecule has 0 aromatic heterocycles. The molecule has 4 aliphatic carbocycles. The molecule has 3 saturated carbocycles. The quantitative estimate of drug-likeness (QED) is 0.780. The van der Waals surface area contributed by atoms with E-state index >= 15 is 0 Å². The summed E-state index contributed by atoms with van der Waals surface area (Å²) in [6, 6.07) is 0. The van der Waals surface area contributed by atoms with E-state index in [0.717, 1.165) is 23.5 Å². The number of carbonyl (C=O) groups is 1. The maximum Gasteiger partial charge on any atom is 0.184 e. The van der Waals surface area contributed by atoms with Crippen molar-refractivity contribution < 1.29 is 9.90 Å². The molecule has 128 valence electrons. The van der Waals surface area contributed by atoms with E-state index in [0.29, 0.717) is 17.8 Å². The normalized spacial score (nSPS) is 52.4. The number of aliphatic hydroxyl groups excluding tert-OH is 1. The van der Waals surface area contributed by atoms with E-state index < -0.39 is 6.10 Å². The topological polar surface area (TPSA) is 37.3 Å². The Hall–Kier alpha value is -0.280. The van der Waals surface area contributed by atoms with Crippen molar-refractivity contribution in [3.05, 3.63) is 11.6 Å². The third kappa shape index (κ3) is 2.15. The van der Waals surface area contributed by atoms with E-state index in [4.69, 9.17) is 0 Å². The van der Waals surface area contributed by atoms with Crippen molar-refractivity contribution in [1.82, 2.24) is 0 Å². The Labute approximate surface area is 144 Å². The van der Waals surface area contributed by atoms with Crippen LogP contribution in [0.15, 0.2) is 11.6 Å². The summed E-state index contributed by atoms with van der Waals surface area (Å²) in [5, 5.41) is 11.0. The van der Waals surface area contributed by atoms with Crippen LogP contribution in [0.4, 0.5) is 0 Å². The Morgan fingerprint density at radius 2 is 1.96 bits per heavy atom. The molecule has 4 aliphatic rings. The summed E-state index contributed by atoms with van der Waals surface area (Å²) < 4.78 is 0. The molecule has 0 aliphatic heterocycles. The van der Waals surface area contributed by atoms with Gasteiger partial charge in [-0.25, -0.2) is 0 Å². The summed E-state index contributed by atoms with van der Waals surface area (Å²) in [5.74, 6) is 2.27. The van der Waals surface area contributed by atoms with E-state index in [9.17, 15) is 9.90 Å². The van der Waals surface area contributed by atoms with Crippen molar-refractivity contribution in [2.75, 3.05) is 6.26 Å². The summed E-state index contributed by atoms with van der Waals surface area (Å²) >= 11 is 2.08. The van der Waals surface area contributed by atoms with E-state index in [1.165, 1.54) is 37.7 Å². The highest BCUT2D eigenvalue weighted by Gasteiger charge is 2.59. The second-order valence-electron chi connectivity index (χ2n) is 8.97. The highest BCUT2D eigenvalue weighted by molar-refractivity contribution is 7.99. The molecule has 0 aromatic carbocycles. The first kappa shape index (κ1) is 16.2. The molecular formula is C20H30O2S. The third-order valence-electron chi connectivity index (χ3n) is 8.20. The second-order valence-corrected chi connectivity index (χ2v) is 10.0. The van der Waals surface area contributed by atoms with Gasteiger partial charge >= 0.3 is 0 Å². The Kier molecular flexibility index (Phi) is 3.77. The van der Waals surface area contributed by atoms with Crippen molar-refractivity contribution >= 4 is 17.5 Å². The number of fused-ring (bicyclic) bond motifs is 5. The van der Waals surface area contributed by atoms with Crippen molar-refractivity contribution in [2.45, 2.75) is 70.1 Å². The van der Waals surface area contributed by atoms with Gasteiger partial charge in [-0.1, -0.05) is 19.4 Å². The number of carbonyl (C=O) groups excluding carboxylic acids is 1. The van der Waals surface area contributed by atoms with Crippen LogP contribution in [0.2, 0.25) is 0 Å². The minimum Gasteiger partial charge on any atom is -0.385 e. The van der Waals surface area contributed by atoms with Crippen LogP contribution < -0.4 is 0 Å². The first-order valence-electron chi connectivity index (χ1n) is 9.36. The Morgan fingerprint density at radius 1 is 1.17 bits per heavy atom. The maximum absolute atomic E-state index is 11.9. The number of rotatable bonds is 1. The van der Waals surface area contributed by atoms with E-state index in [1.54, 1.807) is 6.08 Å². The zero-order chi connectivity index (χ0) is 16.4. The van der Waals surface area contributed by atoms with Crippen molar-refractivity contribution in [1.29, 1.82) is 0 Å². The fourth-order valence-corrected chi connectivity index (χ4v) is 8.16. The molecule has 0 radical (unpaired) electrons. The zero-order valence-corrected chi connectivity index (χ0v) is 15.5. The minimum absolute atomic E-state index is 0.0557. The predicted octanol–water partition coefficient (Wildman–Crippen LogP) is 4.22. The summed E-state index contributed by atoms with van der Waals surface area (Å²) in [7, 11) is 0.